The maximum absolute atomic E-state index is 10.7. The molecule has 5 nitrogen and oxygen atoms in total. The Hall–Kier alpha value is -2.69. The molecule has 0 spiro atoms. The number of nitrogens with zero attached hydrogens (tertiary/aromatic N) is 2. The topological polar surface area (TPSA) is 76.3 Å². The fourth-order valence-corrected chi connectivity index (χ4v) is 1.99. The molecule has 0 aliphatic carbocycles. The summed E-state index contributed by atoms with van der Waals surface area (Å²) in [5.41, 5.74) is 0.162. The van der Waals surface area contributed by atoms with E-state index >= 15 is 0 Å². The van der Waals surface area contributed by atoms with Gasteiger partial charge in [-0.25, -0.2) is 4.98 Å². The lowest BCUT2D eigenvalue weighted by Crippen LogP contribution is -1.91. The molecule has 3 aromatic rings. The molecule has 18 heavy (non-hydrogen) atoms. The van der Waals surface area contributed by atoms with Crippen LogP contribution in [0, 0.1) is 10.1 Å². The number of nitro groups is 1. The predicted molar refractivity (Wildman–Crippen MR) is 67.6 cm³/mol. The molecule has 1 heterocycles. The molecule has 0 aliphatic rings. The highest BCUT2D eigenvalue weighted by atomic mass is 16.6. The van der Waals surface area contributed by atoms with Gasteiger partial charge >= 0.3 is 5.69 Å². The molecular weight excluding hydrogens is 232 g/mol. The van der Waals surface area contributed by atoms with Crippen molar-refractivity contribution in [3.8, 4) is 5.75 Å². The molecule has 0 bridgehead atoms. The van der Waals surface area contributed by atoms with Crippen LogP contribution < -0.4 is 0 Å². The molecule has 0 unspecified atom stereocenters. The lowest BCUT2D eigenvalue weighted by atomic mass is 10.1. The minimum atomic E-state index is -0.642. The molecule has 0 radical (unpaired) electrons. The Bertz CT molecular complexity index is 784. The van der Waals surface area contributed by atoms with E-state index in [2.05, 4.69) is 4.98 Å². The second-order valence-corrected chi connectivity index (χ2v) is 3.97. The number of aromatic nitrogens is 1. The molecule has 1 N–H and O–H groups in total. The van der Waals surface area contributed by atoms with Gasteiger partial charge in [-0.1, -0.05) is 24.3 Å². The molecule has 2 aromatic carbocycles. The third-order valence-electron chi connectivity index (χ3n) is 2.88. The van der Waals surface area contributed by atoms with Gasteiger partial charge in [0.1, 0.15) is 6.20 Å². The van der Waals surface area contributed by atoms with E-state index in [1.165, 1.54) is 0 Å². The number of pyridine rings is 1. The van der Waals surface area contributed by atoms with E-state index in [4.69, 9.17) is 0 Å². The van der Waals surface area contributed by atoms with Gasteiger partial charge in [-0.3, -0.25) is 10.1 Å². The number of fused-ring (bicyclic) bond motifs is 2. The number of aromatic hydroxyl groups is 1. The van der Waals surface area contributed by atoms with Crippen molar-refractivity contribution in [3.63, 3.8) is 0 Å². The highest BCUT2D eigenvalue weighted by molar-refractivity contribution is 6.00. The first kappa shape index (κ1) is 10.5. The number of benzene rings is 2. The van der Waals surface area contributed by atoms with E-state index in [0.717, 1.165) is 17.0 Å². The maximum atomic E-state index is 10.7. The van der Waals surface area contributed by atoms with E-state index < -0.39 is 4.92 Å². The standard InChI is InChI=1S/C13H8N2O3/c16-13-10-5-8-3-1-2-4-9(8)6-11(10)14-7-12(13)15(17)18/h1-7H,(H,14,16). The highest BCUT2D eigenvalue weighted by Crippen LogP contribution is 2.34. The van der Waals surface area contributed by atoms with E-state index in [0.29, 0.717) is 10.9 Å². The van der Waals surface area contributed by atoms with Crippen LogP contribution in [0.5, 0.6) is 5.75 Å². The van der Waals surface area contributed by atoms with Crippen LogP contribution in [-0.4, -0.2) is 15.0 Å². The zero-order valence-electron chi connectivity index (χ0n) is 9.20. The molecule has 0 fully saturated rings. The Morgan fingerprint density at radius 2 is 1.83 bits per heavy atom. The molecule has 88 valence electrons. The smallest absolute Gasteiger partial charge is 0.329 e. The van der Waals surface area contributed by atoms with Crippen LogP contribution in [0.3, 0.4) is 0 Å². The lowest BCUT2D eigenvalue weighted by molar-refractivity contribution is -0.386. The fourth-order valence-electron chi connectivity index (χ4n) is 1.99. The van der Waals surface area contributed by atoms with Crippen LogP contribution in [0.25, 0.3) is 21.7 Å². The molecule has 5 heteroatoms. The van der Waals surface area contributed by atoms with Gasteiger partial charge in [0.2, 0.25) is 5.75 Å². The van der Waals surface area contributed by atoms with Crippen molar-refractivity contribution in [1.82, 2.24) is 4.98 Å². The number of rotatable bonds is 1. The summed E-state index contributed by atoms with van der Waals surface area (Å²) in [6.07, 6.45) is 1.08. The zero-order valence-corrected chi connectivity index (χ0v) is 9.20. The van der Waals surface area contributed by atoms with Gasteiger partial charge in [0, 0.05) is 5.39 Å². The summed E-state index contributed by atoms with van der Waals surface area (Å²) in [6, 6.07) is 11.1. The van der Waals surface area contributed by atoms with Crippen LogP contribution in [0.4, 0.5) is 5.69 Å². The molecule has 0 saturated heterocycles. The Balaban J connectivity index is 2.44. The van der Waals surface area contributed by atoms with E-state index in [1.807, 2.05) is 24.3 Å². The van der Waals surface area contributed by atoms with Crippen molar-refractivity contribution in [1.29, 1.82) is 0 Å². The Kier molecular flexibility index (Phi) is 2.13. The Labute approximate surface area is 101 Å². The highest BCUT2D eigenvalue weighted by Gasteiger charge is 2.17. The molecule has 0 amide bonds. The third kappa shape index (κ3) is 1.45. The first-order valence-corrected chi connectivity index (χ1v) is 5.31. The van der Waals surface area contributed by atoms with Crippen molar-refractivity contribution in [2.75, 3.05) is 0 Å². The summed E-state index contributed by atoms with van der Waals surface area (Å²) in [4.78, 5) is 14.1. The average molecular weight is 240 g/mol. The minimum Gasteiger partial charge on any atom is -0.502 e. The summed E-state index contributed by atoms with van der Waals surface area (Å²) >= 11 is 0. The van der Waals surface area contributed by atoms with Crippen LogP contribution >= 0.6 is 0 Å². The van der Waals surface area contributed by atoms with E-state index in [9.17, 15) is 15.2 Å². The van der Waals surface area contributed by atoms with Crippen LogP contribution in [-0.2, 0) is 0 Å². The average Bonchev–Trinajstić information content (AvgIpc) is 2.37. The second kappa shape index (κ2) is 3.66. The fraction of sp³-hybridized carbons (Fsp3) is 0. The van der Waals surface area contributed by atoms with Gasteiger partial charge in [0.15, 0.2) is 0 Å². The quantitative estimate of drug-likeness (QED) is 0.403. The van der Waals surface area contributed by atoms with Gasteiger partial charge in [-0.15, -0.1) is 0 Å². The summed E-state index contributed by atoms with van der Waals surface area (Å²) in [7, 11) is 0. The Morgan fingerprint density at radius 3 is 2.50 bits per heavy atom. The second-order valence-electron chi connectivity index (χ2n) is 3.97. The van der Waals surface area contributed by atoms with Gasteiger partial charge in [-0.2, -0.15) is 0 Å². The van der Waals surface area contributed by atoms with Gasteiger partial charge in [-0.05, 0) is 22.9 Å². The summed E-state index contributed by atoms with van der Waals surface area (Å²) in [5, 5.41) is 22.9. The molecule has 0 saturated carbocycles. The van der Waals surface area contributed by atoms with Crippen molar-refractivity contribution < 1.29 is 10.0 Å². The SMILES string of the molecule is O=[N+]([O-])c1cnc2cc3ccccc3cc2c1O. The third-order valence-corrected chi connectivity index (χ3v) is 2.88. The predicted octanol–water partition coefficient (Wildman–Crippen LogP) is 3.00. The van der Waals surface area contributed by atoms with Gasteiger partial charge in [0.25, 0.3) is 0 Å². The van der Waals surface area contributed by atoms with Crippen LogP contribution in [0.1, 0.15) is 0 Å². The van der Waals surface area contributed by atoms with E-state index in [-0.39, 0.29) is 11.4 Å². The maximum Gasteiger partial charge on any atom is 0.329 e. The normalized spacial score (nSPS) is 10.9. The lowest BCUT2D eigenvalue weighted by Gasteiger charge is -2.03. The van der Waals surface area contributed by atoms with Crippen LogP contribution in [0.2, 0.25) is 0 Å². The molecular formula is C13H8N2O3. The monoisotopic (exact) mass is 240 g/mol. The van der Waals surface area contributed by atoms with Gasteiger partial charge < -0.3 is 5.11 Å². The first-order chi connectivity index (χ1) is 8.66. The zero-order chi connectivity index (χ0) is 12.7. The van der Waals surface area contributed by atoms with Gasteiger partial charge in [0.05, 0.1) is 10.4 Å². The van der Waals surface area contributed by atoms with Crippen molar-refractivity contribution >= 4 is 27.4 Å². The largest absolute Gasteiger partial charge is 0.502 e. The molecule has 3 rings (SSSR count). The van der Waals surface area contributed by atoms with Crippen molar-refractivity contribution in [2.24, 2.45) is 0 Å². The van der Waals surface area contributed by atoms with Crippen molar-refractivity contribution in [2.45, 2.75) is 0 Å². The minimum absolute atomic E-state index is 0.337. The molecule has 1 aromatic heterocycles. The van der Waals surface area contributed by atoms with E-state index in [1.54, 1.807) is 12.1 Å². The summed E-state index contributed by atoms with van der Waals surface area (Å²) in [5.74, 6) is -0.337. The molecule has 0 atom stereocenters. The summed E-state index contributed by atoms with van der Waals surface area (Å²) < 4.78 is 0. The van der Waals surface area contributed by atoms with Crippen molar-refractivity contribution in [3.05, 3.63) is 52.7 Å². The first-order valence-electron chi connectivity index (χ1n) is 5.31. The number of hydrogen-bond donors (Lipinski definition) is 1. The Morgan fingerprint density at radius 1 is 1.17 bits per heavy atom. The summed E-state index contributed by atoms with van der Waals surface area (Å²) in [6.45, 7) is 0. The molecule has 0 aliphatic heterocycles. The van der Waals surface area contributed by atoms with Crippen LogP contribution in [0.15, 0.2) is 42.6 Å². The number of hydrogen-bond acceptors (Lipinski definition) is 4.